The summed E-state index contributed by atoms with van der Waals surface area (Å²) in [5.41, 5.74) is 0.907. The predicted octanol–water partition coefficient (Wildman–Crippen LogP) is 3.06. The van der Waals surface area contributed by atoms with E-state index in [0.717, 1.165) is 17.2 Å². The van der Waals surface area contributed by atoms with Crippen LogP contribution in [0.2, 0.25) is 0 Å². The maximum Gasteiger partial charge on any atom is 0.193 e. The summed E-state index contributed by atoms with van der Waals surface area (Å²) in [6.45, 7) is 5.60. The van der Waals surface area contributed by atoms with Crippen molar-refractivity contribution in [1.82, 2.24) is 20.0 Å². The van der Waals surface area contributed by atoms with Crippen LogP contribution in [-0.2, 0) is 6.54 Å². The molecule has 0 fully saturated rings. The summed E-state index contributed by atoms with van der Waals surface area (Å²) >= 11 is 1.59. The molecule has 0 amide bonds. The Morgan fingerprint density at radius 2 is 2.23 bits per heavy atom. The van der Waals surface area contributed by atoms with E-state index in [9.17, 15) is 4.39 Å². The van der Waals surface area contributed by atoms with Gasteiger partial charge >= 0.3 is 0 Å². The normalized spacial score (nSPS) is 13.0. The van der Waals surface area contributed by atoms with E-state index in [-0.39, 0.29) is 17.7 Å². The molecule has 8 heteroatoms. The van der Waals surface area contributed by atoms with Crippen LogP contribution in [0.15, 0.2) is 47.0 Å². The van der Waals surface area contributed by atoms with Crippen molar-refractivity contribution in [2.45, 2.75) is 26.5 Å². The minimum atomic E-state index is -0.361. The first-order valence-electron chi connectivity index (χ1n) is 8.50. The Hall–Kier alpha value is -2.61. The second-order valence-electron chi connectivity index (χ2n) is 5.76. The zero-order valence-corrected chi connectivity index (χ0v) is 15.6. The summed E-state index contributed by atoms with van der Waals surface area (Å²) < 4.78 is 21.3. The SMILES string of the molecule is CCNC(=NCc1cn2ccsc2n1)NCC(C)Oc1ccccc1F. The number of benzene rings is 1. The first kappa shape index (κ1) is 18.2. The van der Waals surface area contributed by atoms with Crippen molar-refractivity contribution < 1.29 is 9.13 Å². The fraction of sp³-hybridized carbons (Fsp3) is 0.333. The number of halogens is 1. The summed E-state index contributed by atoms with van der Waals surface area (Å²) in [7, 11) is 0. The number of imidazole rings is 1. The molecular formula is C18H22FN5OS. The molecule has 0 spiro atoms. The Bertz CT molecular complexity index is 847. The Labute approximate surface area is 155 Å². The molecule has 1 atom stereocenters. The van der Waals surface area contributed by atoms with Crippen LogP contribution in [0.4, 0.5) is 4.39 Å². The van der Waals surface area contributed by atoms with E-state index in [1.165, 1.54) is 6.07 Å². The van der Waals surface area contributed by atoms with E-state index >= 15 is 0 Å². The molecule has 138 valence electrons. The third-order valence-corrected chi connectivity index (χ3v) is 4.38. The number of ether oxygens (including phenoxy) is 1. The van der Waals surface area contributed by atoms with Crippen LogP contribution in [0, 0.1) is 5.82 Å². The highest BCUT2D eigenvalue weighted by Gasteiger charge is 2.09. The van der Waals surface area contributed by atoms with Gasteiger partial charge < -0.3 is 15.4 Å². The Morgan fingerprint density at radius 3 is 3.00 bits per heavy atom. The Kier molecular flexibility index (Phi) is 6.06. The Morgan fingerprint density at radius 1 is 1.38 bits per heavy atom. The van der Waals surface area contributed by atoms with Crippen LogP contribution in [0.1, 0.15) is 19.5 Å². The van der Waals surface area contributed by atoms with Crippen molar-refractivity contribution in [3.05, 3.63) is 53.6 Å². The minimum Gasteiger partial charge on any atom is -0.486 e. The molecule has 0 aliphatic heterocycles. The molecule has 0 aliphatic carbocycles. The fourth-order valence-electron chi connectivity index (χ4n) is 2.39. The number of guanidine groups is 1. The highest BCUT2D eigenvalue weighted by molar-refractivity contribution is 7.15. The molecule has 1 unspecified atom stereocenters. The van der Waals surface area contributed by atoms with Gasteiger partial charge in [0.1, 0.15) is 6.10 Å². The lowest BCUT2D eigenvalue weighted by Crippen LogP contribution is -2.41. The van der Waals surface area contributed by atoms with Gasteiger partial charge in [0.25, 0.3) is 0 Å². The molecule has 6 nitrogen and oxygen atoms in total. The molecule has 0 aliphatic rings. The van der Waals surface area contributed by atoms with Gasteiger partial charge in [-0.05, 0) is 26.0 Å². The number of aromatic nitrogens is 2. The van der Waals surface area contributed by atoms with Gasteiger partial charge in [0.05, 0.1) is 18.8 Å². The minimum absolute atomic E-state index is 0.214. The molecule has 1 aromatic carbocycles. The molecule has 0 radical (unpaired) electrons. The Balaban J connectivity index is 1.55. The molecule has 3 rings (SSSR count). The molecule has 0 bridgehead atoms. The van der Waals surface area contributed by atoms with E-state index < -0.39 is 0 Å². The molecule has 3 aromatic rings. The molecule has 0 saturated heterocycles. The lowest BCUT2D eigenvalue weighted by Gasteiger charge is -2.17. The van der Waals surface area contributed by atoms with Crippen molar-refractivity contribution in [3.8, 4) is 5.75 Å². The maximum absolute atomic E-state index is 13.6. The highest BCUT2D eigenvalue weighted by atomic mass is 32.1. The average molecular weight is 375 g/mol. The van der Waals surface area contributed by atoms with Crippen LogP contribution in [-0.4, -0.2) is 34.5 Å². The van der Waals surface area contributed by atoms with Crippen LogP contribution in [0.3, 0.4) is 0 Å². The van der Waals surface area contributed by atoms with Gasteiger partial charge in [0.15, 0.2) is 22.5 Å². The van der Waals surface area contributed by atoms with E-state index in [2.05, 4.69) is 20.6 Å². The second kappa shape index (κ2) is 8.66. The van der Waals surface area contributed by atoms with E-state index in [1.54, 1.807) is 29.5 Å². The van der Waals surface area contributed by atoms with E-state index in [4.69, 9.17) is 4.74 Å². The van der Waals surface area contributed by atoms with Crippen LogP contribution in [0.25, 0.3) is 4.96 Å². The molecule has 0 saturated carbocycles. The van der Waals surface area contributed by atoms with Gasteiger partial charge in [-0.25, -0.2) is 14.4 Å². The van der Waals surface area contributed by atoms with E-state index in [1.807, 2.05) is 36.0 Å². The monoisotopic (exact) mass is 375 g/mol. The van der Waals surface area contributed by atoms with E-state index in [0.29, 0.717) is 19.0 Å². The maximum atomic E-state index is 13.6. The largest absolute Gasteiger partial charge is 0.486 e. The zero-order chi connectivity index (χ0) is 18.4. The molecule has 26 heavy (non-hydrogen) atoms. The van der Waals surface area contributed by atoms with Gasteiger partial charge in [-0.15, -0.1) is 11.3 Å². The molecular weight excluding hydrogens is 353 g/mol. The van der Waals surface area contributed by atoms with Crippen molar-refractivity contribution in [3.63, 3.8) is 0 Å². The topological polar surface area (TPSA) is 63.0 Å². The van der Waals surface area contributed by atoms with Crippen molar-refractivity contribution in [1.29, 1.82) is 0 Å². The zero-order valence-electron chi connectivity index (χ0n) is 14.8. The van der Waals surface area contributed by atoms with Gasteiger partial charge in [-0.2, -0.15) is 0 Å². The first-order valence-corrected chi connectivity index (χ1v) is 9.38. The molecule has 2 aromatic heterocycles. The van der Waals surface area contributed by atoms with Crippen molar-refractivity contribution in [2.75, 3.05) is 13.1 Å². The predicted molar refractivity (Wildman–Crippen MR) is 102 cm³/mol. The molecule has 2 heterocycles. The van der Waals surface area contributed by atoms with Crippen molar-refractivity contribution >= 4 is 22.3 Å². The highest BCUT2D eigenvalue weighted by Crippen LogP contribution is 2.16. The van der Waals surface area contributed by atoms with Gasteiger partial charge in [0, 0.05) is 24.3 Å². The summed E-state index contributed by atoms with van der Waals surface area (Å²) in [5.74, 6) is 0.564. The quantitative estimate of drug-likeness (QED) is 0.492. The van der Waals surface area contributed by atoms with Crippen LogP contribution in [0.5, 0.6) is 5.75 Å². The summed E-state index contributed by atoms with van der Waals surface area (Å²) in [4.78, 5) is 10.0. The summed E-state index contributed by atoms with van der Waals surface area (Å²) in [6.07, 6.45) is 3.74. The number of nitrogens with one attached hydrogen (secondary N) is 2. The number of hydrogen-bond acceptors (Lipinski definition) is 4. The number of fused-ring (bicyclic) bond motifs is 1. The van der Waals surface area contributed by atoms with Crippen LogP contribution < -0.4 is 15.4 Å². The summed E-state index contributed by atoms with van der Waals surface area (Å²) in [5, 5.41) is 8.40. The molecule has 2 N–H and O–H groups in total. The fourth-order valence-corrected chi connectivity index (χ4v) is 3.11. The number of aliphatic imine (C=N–C) groups is 1. The van der Waals surface area contributed by atoms with Gasteiger partial charge in [-0.1, -0.05) is 12.1 Å². The number of hydrogen-bond donors (Lipinski definition) is 2. The van der Waals surface area contributed by atoms with Gasteiger partial charge in [0.2, 0.25) is 0 Å². The average Bonchev–Trinajstić information content (AvgIpc) is 3.21. The number of thiazole rings is 1. The second-order valence-corrected chi connectivity index (χ2v) is 6.63. The van der Waals surface area contributed by atoms with Gasteiger partial charge in [-0.3, -0.25) is 4.40 Å². The third kappa shape index (κ3) is 4.72. The first-order chi connectivity index (χ1) is 12.7. The number of nitrogens with zero attached hydrogens (tertiary/aromatic N) is 3. The van der Waals surface area contributed by atoms with Crippen molar-refractivity contribution in [2.24, 2.45) is 4.99 Å². The third-order valence-electron chi connectivity index (χ3n) is 3.61. The lowest BCUT2D eigenvalue weighted by atomic mass is 10.3. The standard InChI is InChI=1S/C18H22FN5OS/c1-3-20-17(22-11-14-12-24-8-9-26-18(24)23-14)21-10-13(2)25-16-7-5-4-6-15(16)19/h4-9,12-13H,3,10-11H2,1-2H3,(H2,20,21,22). The summed E-state index contributed by atoms with van der Waals surface area (Å²) in [6, 6.07) is 6.40. The van der Waals surface area contributed by atoms with Crippen LogP contribution >= 0.6 is 11.3 Å². The number of rotatable bonds is 7. The smallest absolute Gasteiger partial charge is 0.193 e. The lowest BCUT2D eigenvalue weighted by molar-refractivity contribution is 0.214. The number of para-hydroxylation sites is 1.